The van der Waals surface area contributed by atoms with Gasteiger partial charge in [0.25, 0.3) is 5.91 Å². The van der Waals surface area contributed by atoms with Crippen molar-refractivity contribution in [2.24, 2.45) is 0 Å². The molecule has 0 saturated carbocycles. The van der Waals surface area contributed by atoms with E-state index in [4.69, 9.17) is 16.3 Å². The molecule has 3 nitrogen and oxygen atoms in total. The van der Waals surface area contributed by atoms with Crippen LogP contribution in [-0.4, -0.2) is 12.0 Å². The molecule has 0 aromatic heterocycles. The second-order valence-electron chi connectivity index (χ2n) is 5.87. The van der Waals surface area contributed by atoms with Gasteiger partial charge in [-0.1, -0.05) is 54.9 Å². The summed E-state index contributed by atoms with van der Waals surface area (Å²) in [6.45, 7) is 2.40. The first-order chi connectivity index (χ1) is 12.2. The van der Waals surface area contributed by atoms with Gasteiger partial charge in [0.05, 0.1) is 0 Å². The molecule has 0 saturated heterocycles. The van der Waals surface area contributed by atoms with Gasteiger partial charge in [-0.2, -0.15) is 0 Å². The maximum atomic E-state index is 12.4. The van der Waals surface area contributed by atoms with Gasteiger partial charge in [0.15, 0.2) is 6.10 Å². The standard InChI is InChI=1S/C21H20ClNO2/c1-2-20(25-19-11-9-18(22)10-12-19)21(24)23-14-15-7-8-16-5-3-4-6-17(16)13-15/h3-13,20H,2,14H2,1H3,(H,23,24)/t20-/m1/s1. The highest BCUT2D eigenvalue weighted by atomic mass is 35.5. The van der Waals surface area contributed by atoms with Crippen molar-refractivity contribution in [1.29, 1.82) is 0 Å². The van der Waals surface area contributed by atoms with Gasteiger partial charge in [-0.15, -0.1) is 0 Å². The van der Waals surface area contributed by atoms with Gasteiger partial charge in [0, 0.05) is 11.6 Å². The lowest BCUT2D eigenvalue weighted by Crippen LogP contribution is -2.37. The molecule has 3 aromatic rings. The highest BCUT2D eigenvalue weighted by molar-refractivity contribution is 6.30. The number of rotatable bonds is 6. The molecule has 0 radical (unpaired) electrons. The molecular weight excluding hydrogens is 334 g/mol. The monoisotopic (exact) mass is 353 g/mol. The normalized spacial score (nSPS) is 11.9. The molecule has 25 heavy (non-hydrogen) atoms. The van der Waals surface area contributed by atoms with E-state index in [2.05, 4.69) is 29.6 Å². The van der Waals surface area contributed by atoms with Crippen LogP contribution < -0.4 is 10.1 Å². The van der Waals surface area contributed by atoms with Crippen LogP contribution in [-0.2, 0) is 11.3 Å². The molecule has 0 heterocycles. The molecular formula is C21H20ClNO2. The van der Waals surface area contributed by atoms with E-state index >= 15 is 0 Å². The third kappa shape index (κ3) is 4.52. The Hall–Kier alpha value is -2.52. The van der Waals surface area contributed by atoms with Crippen LogP contribution in [0.5, 0.6) is 5.75 Å². The highest BCUT2D eigenvalue weighted by Crippen LogP contribution is 2.18. The highest BCUT2D eigenvalue weighted by Gasteiger charge is 2.18. The van der Waals surface area contributed by atoms with E-state index in [1.807, 2.05) is 25.1 Å². The first-order valence-corrected chi connectivity index (χ1v) is 8.71. The Morgan fingerprint density at radius 1 is 1.04 bits per heavy atom. The smallest absolute Gasteiger partial charge is 0.261 e. The van der Waals surface area contributed by atoms with E-state index in [1.54, 1.807) is 24.3 Å². The Balaban J connectivity index is 1.62. The Morgan fingerprint density at radius 3 is 2.48 bits per heavy atom. The lowest BCUT2D eigenvalue weighted by atomic mass is 10.1. The predicted octanol–water partition coefficient (Wildman–Crippen LogP) is 4.97. The molecule has 0 spiro atoms. The molecule has 3 rings (SSSR count). The fourth-order valence-corrected chi connectivity index (χ4v) is 2.78. The molecule has 128 valence electrons. The first-order valence-electron chi connectivity index (χ1n) is 8.33. The molecule has 4 heteroatoms. The van der Waals surface area contributed by atoms with Crippen LogP contribution in [0.4, 0.5) is 0 Å². The maximum Gasteiger partial charge on any atom is 0.261 e. The first kappa shape index (κ1) is 17.3. The second-order valence-corrected chi connectivity index (χ2v) is 6.30. The average molecular weight is 354 g/mol. The van der Waals surface area contributed by atoms with Crippen LogP contribution in [0.1, 0.15) is 18.9 Å². The number of amides is 1. The molecule has 0 aliphatic heterocycles. The number of hydrogen-bond acceptors (Lipinski definition) is 2. The minimum Gasteiger partial charge on any atom is -0.481 e. The van der Waals surface area contributed by atoms with Crippen LogP contribution in [0.15, 0.2) is 66.7 Å². The summed E-state index contributed by atoms with van der Waals surface area (Å²) in [5.74, 6) is 0.516. The number of hydrogen-bond donors (Lipinski definition) is 1. The van der Waals surface area contributed by atoms with Gasteiger partial charge in [-0.3, -0.25) is 4.79 Å². The fraction of sp³-hybridized carbons (Fsp3) is 0.190. The molecule has 3 aromatic carbocycles. The Labute approximate surface area is 152 Å². The van der Waals surface area contributed by atoms with Crippen LogP contribution in [0, 0.1) is 0 Å². The lowest BCUT2D eigenvalue weighted by Gasteiger charge is -2.17. The Morgan fingerprint density at radius 2 is 1.76 bits per heavy atom. The van der Waals surface area contributed by atoms with Crippen molar-refractivity contribution >= 4 is 28.3 Å². The third-order valence-electron chi connectivity index (χ3n) is 4.04. The van der Waals surface area contributed by atoms with E-state index in [-0.39, 0.29) is 5.91 Å². The number of fused-ring (bicyclic) bond motifs is 1. The van der Waals surface area contributed by atoms with Crippen LogP contribution in [0.2, 0.25) is 5.02 Å². The largest absolute Gasteiger partial charge is 0.481 e. The van der Waals surface area contributed by atoms with Gasteiger partial charge in [0.1, 0.15) is 5.75 Å². The van der Waals surface area contributed by atoms with Crippen molar-refractivity contribution in [3.63, 3.8) is 0 Å². The maximum absolute atomic E-state index is 12.4. The third-order valence-corrected chi connectivity index (χ3v) is 4.29. The SMILES string of the molecule is CC[C@@H](Oc1ccc(Cl)cc1)C(=O)NCc1ccc2ccccc2c1. The molecule has 1 amide bonds. The molecule has 0 bridgehead atoms. The number of benzene rings is 3. The fourth-order valence-electron chi connectivity index (χ4n) is 2.65. The van der Waals surface area contributed by atoms with E-state index in [1.165, 1.54) is 10.8 Å². The summed E-state index contributed by atoms with van der Waals surface area (Å²) >= 11 is 5.87. The van der Waals surface area contributed by atoms with Gasteiger partial charge in [-0.25, -0.2) is 0 Å². The summed E-state index contributed by atoms with van der Waals surface area (Å²) in [6, 6.07) is 21.4. The summed E-state index contributed by atoms with van der Waals surface area (Å²) in [7, 11) is 0. The minimum atomic E-state index is -0.526. The van der Waals surface area contributed by atoms with Gasteiger partial charge >= 0.3 is 0 Å². The van der Waals surface area contributed by atoms with E-state index < -0.39 is 6.10 Å². The number of carbonyl (C=O) groups excluding carboxylic acids is 1. The zero-order chi connectivity index (χ0) is 17.6. The Kier molecular flexibility index (Phi) is 5.56. The number of halogens is 1. The number of nitrogens with one attached hydrogen (secondary N) is 1. The van der Waals surface area contributed by atoms with Crippen molar-refractivity contribution in [3.05, 3.63) is 77.3 Å². The summed E-state index contributed by atoms with van der Waals surface area (Å²) in [5, 5.41) is 5.95. The minimum absolute atomic E-state index is 0.120. The quantitative estimate of drug-likeness (QED) is 0.679. The molecule has 0 fully saturated rings. The van der Waals surface area contributed by atoms with Crippen LogP contribution >= 0.6 is 11.6 Å². The van der Waals surface area contributed by atoms with Crippen molar-refractivity contribution in [3.8, 4) is 5.75 Å². The van der Waals surface area contributed by atoms with Gasteiger partial charge in [-0.05, 0) is 53.1 Å². The van der Waals surface area contributed by atoms with Gasteiger partial charge < -0.3 is 10.1 Å². The van der Waals surface area contributed by atoms with E-state index in [0.717, 1.165) is 5.56 Å². The molecule has 0 aliphatic carbocycles. The summed E-state index contributed by atoms with van der Waals surface area (Å²) in [4.78, 5) is 12.4. The van der Waals surface area contributed by atoms with Crippen molar-refractivity contribution in [1.82, 2.24) is 5.32 Å². The van der Waals surface area contributed by atoms with E-state index in [9.17, 15) is 4.79 Å². The van der Waals surface area contributed by atoms with Gasteiger partial charge in [0.2, 0.25) is 0 Å². The summed E-state index contributed by atoms with van der Waals surface area (Å²) in [5.41, 5.74) is 1.06. The molecule has 1 atom stereocenters. The van der Waals surface area contributed by atoms with Crippen molar-refractivity contribution in [2.75, 3.05) is 0 Å². The second kappa shape index (κ2) is 8.04. The predicted molar refractivity (Wildman–Crippen MR) is 102 cm³/mol. The molecule has 0 aliphatic rings. The van der Waals surface area contributed by atoms with Crippen molar-refractivity contribution in [2.45, 2.75) is 26.0 Å². The summed E-state index contributed by atoms with van der Waals surface area (Å²) in [6.07, 6.45) is 0.0632. The molecule has 0 unspecified atom stereocenters. The topological polar surface area (TPSA) is 38.3 Å². The van der Waals surface area contributed by atoms with E-state index in [0.29, 0.717) is 23.7 Å². The lowest BCUT2D eigenvalue weighted by molar-refractivity contribution is -0.128. The number of carbonyl (C=O) groups is 1. The Bertz CT molecular complexity index is 861. The zero-order valence-corrected chi connectivity index (χ0v) is 14.8. The van der Waals surface area contributed by atoms with Crippen LogP contribution in [0.3, 0.4) is 0 Å². The summed E-state index contributed by atoms with van der Waals surface area (Å²) < 4.78 is 5.77. The van der Waals surface area contributed by atoms with Crippen LogP contribution in [0.25, 0.3) is 10.8 Å². The average Bonchev–Trinajstić information content (AvgIpc) is 2.65. The number of ether oxygens (including phenoxy) is 1. The van der Waals surface area contributed by atoms with Crippen molar-refractivity contribution < 1.29 is 9.53 Å². The molecule has 1 N–H and O–H groups in total. The zero-order valence-electron chi connectivity index (χ0n) is 14.0.